The summed E-state index contributed by atoms with van der Waals surface area (Å²) in [6, 6.07) is 3.24. The summed E-state index contributed by atoms with van der Waals surface area (Å²) in [6.45, 7) is 0.472. The van der Waals surface area contributed by atoms with Crippen molar-refractivity contribution in [3.05, 3.63) is 52.5 Å². The van der Waals surface area contributed by atoms with Crippen LogP contribution in [0.15, 0.2) is 35.5 Å². The maximum absolute atomic E-state index is 12.6. The Morgan fingerprint density at radius 1 is 1.55 bits per heavy atom. The van der Waals surface area contributed by atoms with E-state index < -0.39 is 0 Å². The number of hydrogen-bond donors (Lipinski definition) is 1. The molecular weight excluding hydrogens is 256 g/mol. The number of carbonyl (C=O) groups excluding carboxylic acids is 1. The van der Waals surface area contributed by atoms with E-state index in [4.69, 9.17) is 0 Å². The van der Waals surface area contributed by atoms with Crippen LogP contribution in [0.2, 0.25) is 0 Å². The molecule has 1 amide bonds. The molecule has 2 heterocycles. The summed E-state index contributed by atoms with van der Waals surface area (Å²) in [5.74, 6) is 0.733. The number of nitrogens with one attached hydrogen (secondary N) is 1. The van der Waals surface area contributed by atoms with Gasteiger partial charge in [-0.25, -0.2) is 4.98 Å². The summed E-state index contributed by atoms with van der Waals surface area (Å²) < 4.78 is 1.90. The molecule has 1 fully saturated rings. The van der Waals surface area contributed by atoms with E-state index in [0.717, 1.165) is 18.7 Å². The third kappa shape index (κ3) is 2.49. The molecule has 0 radical (unpaired) electrons. The van der Waals surface area contributed by atoms with Gasteiger partial charge in [0.2, 0.25) is 5.56 Å². The van der Waals surface area contributed by atoms with Crippen molar-refractivity contribution >= 4 is 5.91 Å². The number of aromatic amines is 1. The van der Waals surface area contributed by atoms with Gasteiger partial charge in [0.15, 0.2) is 0 Å². The first kappa shape index (κ1) is 12.7. The molecule has 0 bridgehead atoms. The zero-order valence-electron chi connectivity index (χ0n) is 11.2. The molecule has 1 N–H and O–H groups in total. The highest BCUT2D eigenvalue weighted by atomic mass is 16.2. The number of rotatable bonds is 4. The Morgan fingerprint density at radius 2 is 2.35 bits per heavy atom. The van der Waals surface area contributed by atoms with Crippen molar-refractivity contribution in [2.45, 2.75) is 25.4 Å². The third-order valence-electron chi connectivity index (χ3n) is 3.50. The molecule has 0 aliphatic heterocycles. The molecule has 0 atom stereocenters. The molecule has 1 aliphatic rings. The van der Waals surface area contributed by atoms with Gasteiger partial charge >= 0.3 is 0 Å². The average Bonchev–Trinajstić information content (AvgIpc) is 3.19. The zero-order chi connectivity index (χ0) is 14.1. The topological polar surface area (TPSA) is 71.0 Å². The second-order valence-electron chi connectivity index (χ2n) is 5.06. The van der Waals surface area contributed by atoms with Gasteiger partial charge in [-0.3, -0.25) is 9.59 Å². The van der Waals surface area contributed by atoms with E-state index in [1.165, 1.54) is 12.3 Å². The van der Waals surface area contributed by atoms with Crippen LogP contribution < -0.4 is 5.56 Å². The molecule has 0 unspecified atom stereocenters. The largest absolute Gasteiger partial charge is 0.337 e. The molecule has 3 rings (SSSR count). The first-order valence-electron chi connectivity index (χ1n) is 6.61. The number of amides is 1. The van der Waals surface area contributed by atoms with Crippen molar-refractivity contribution in [1.82, 2.24) is 19.4 Å². The van der Waals surface area contributed by atoms with Gasteiger partial charge in [0.05, 0.1) is 6.54 Å². The Hall–Kier alpha value is -2.37. The second kappa shape index (κ2) is 4.96. The van der Waals surface area contributed by atoms with Crippen molar-refractivity contribution in [2.75, 3.05) is 0 Å². The van der Waals surface area contributed by atoms with Crippen LogP contribution in [0.5, 0.6) is 0 Å². The molecule has 1 aliphatic carbocycles. The molecule has 6 nitrogen and oxygen atoms in total. The van der Waals surface area contributed by atoms with Crippen LogP contribution >= 0.6 is 0 Å². The summed E-state index contributed by atoms with van der Waals surface area (Å²) in [5.41, 5.74) is 0.165. The predicted molar refractivity (Wildman–Crippen MR) is 73.2 cm³/mol. The molecule has 104 valence electrons. The maximum Gasteiger partial charge on any atom is 0.254 e. The fourth-order valence-electron chi connectivity index (χ4n) is 2.20. The van der Waals surface area contributed by atoms with Gasteiger partial charge in [0.25, 0.3) is 5.91 Å². The number of aryl methyl sites for hydroxylation is 1. The maximum atomic E-state index is 12.6. The second-order valence-corrected chi connectivity index (χ2v) is 5.06. The fraction of sp³-hybridized carbons (Fsp3) is 0.357. The van der Waals surface area contributed by atoms with Gasteiger partial charge in [-0.1, -0.05) is 0 Å². The molecule has 6 heteroatoms. The third-order valence-corrected chi connectivity index (χ3v) is 3.50. The number of nitrogens with zero attached hydrogens (tertiary/aromatic N) is 3. The monoisotopic (exact) mass is 272 g/mol. The van der Waals surface area contributed by atoms with Gasteiger partial charge in [-0.2, -0.15) is 0 Å². The van der Waals surface area contributed by atoms with E-state index in [1.54, 1.807) is 17.2 Å². The van der Waals surface area contributed by atoms with Crippen LogP contribution in [-0.4, -0.2) is 31.4 Å². The normalized spacial score (nSPS) is 14.2. The Morgan fingerprint density at radius 3 is 2.95 bits per heavy atom. The average molecular weight is 272 g/mol. The smallest absolute Gasteiger partial charge is 0.254 e. The molecule has 2 aromatic rings. The Labute approximate surface area is 116 Å². The van der Waals surface area contributed by atoms with Gasteiger partial charge in [0, 0.05) is 43.3 Å². The van der Waals surface area contributed by atoms with Crippen molar-refractivity contribution in [2.24, 2.45) is 7.05 Å². The van der Waals surface area contributed by atoms with Gasteiger partial charge in [0.1, 0.15) is 5.82 Å². The highest BCUT2D eigenvalue weighted by molar-refractivity contribution is 5.94. The fourth-order valence-corrected chi connectivity index (χ4v) is 2.20. The summed E-state index contributed by atoms with van der Waals surface area (Å²) in [7, 11) is 1.91. The highest BCUT2D eigenvalue weighted by Gasteiger charge is 2.33. The minimum absolute atomic E-state index is 0.110. The first-order chi connectivity index (χ1) is 9.65. The lowest BCUT2D eigenvalue weighted by molar-refractivity contribution is 0.0723. The van der Waals surface area contributed by atoms with Crippen molar-refractivity contribution in [3.63, 3.8) is 0 Å². The van der Waals surface area contributed by atoms with E-state index in [0.29, 0.717) is 12.1 Å². The van der Waals surface area contributed by atoms with Crippen LogP contribution in [0, 0.1) is 0 Å². The number of aromatic nitrogens is 3. The zero-order valence-corrected chi connectivity index (χ0v) is 11.2. The molecular formula is C14H16N4O2. The Balaban J connectivity index is 1.85. The number of carbonyl (C=O) groups is 1. The number of H-pyrrole nitrogens is 1. The number of pyridine rings is 1. The summed E-state index contributed by atoms with van der Waals surface area (Å²) >= 11 is 0. The first-order valence-corrected chi connectivity index (χ1v) is 6.61. The SMILES string of the molecule is Cn1ccnc1CN(C(=O)c1cc[nH]c(=O)c1)C1CC1. The number of hydrogen-bond acceptors (Lipinski definition) is 3. The molecule has 20 heavy (non-hydrogen) atoms. The van der Waals surface area contributed by atoms with Crippen molar-refractivity contribution in [1.29, 1.82) is 0 Å². The molecule has 0 spiro atoms. The molecule has 0 saturated heterocycles. The van der Waals surface area contributed by atoms with Gasteiger partial charge in [-0.15, -0.1) is 0 Å². The minimum Gasteiger partial charge on any atom is -0.337 e. The summed E-state index contributed by atoms with van der Waals surface area (Å²) in [6.07, 6.45) is 7.11. The van der Waals surface area contributed by atoms with Gasteiger partial charge in [-0.05, 0) is 18.9 Å². The van der Waals surface area contributed by atoms with Crippen LogP contribution in [0.3, 0.4) is 0 Å². The van der Waals surface area contributed by atoms with E-state index in [9.17, 15) is 9.59 Å². The van der Waals surface area contributed by atoms with Crippen molar-refractivity contribution < 1.29 is 4.79 Å². The van der Waals surface area contributed by atoms with Crippen molar-refractivity contribution in [3.8, 4) is 0 Å². The van der Waals surface area contributed by atoms with E-state index in [1.807, 2.05) is 17.8 Å². The Bertz CT molecular complexity index is 684. The van der Waals surface area contributed by atoms with E-state index >= 15 is 0 Å². The lowest BCUT2D eigenvalue weighted by atomic mass is 10.2. The lowest BCUT2D eigenvalue weighted by Gasteiger charge is -2.22. The van der Waals surface area contributed by atoms with Crippen LogP contribution in [0.4, 0.5) is 0 Å². The minimum atomic E-state index is -0.261. The predicted octanol–water partition coefficient (Wildman–Crippen LogP) is 0.913. The van der Waals surface area contributed by atoms with Crippen LogP contribution in [0.1, 0.15) is 29.0 Å². The van der Waals surface area contributed by atoms with E-state index in [-0.39, 0.29) is 17.5 Å². The standard InChI is InChI=1S/C14H16N4O2/c1-17-7-6-15-12(17)9-18(11-2-3-11)14(20)10-4-5-16-13(19)8-10/h4-8,11H,2-3,9H2,1H3,(H,16,19). The summed E-state index contributed by atoms with van der Waals surface area (Å²) in [4.78, 5) is 32.5. The van der Waals surface area contributed by atoms with Crippen LogP contribution in [-0.2, 0) is 13.6 Å². The number of imidazole rings is 1. The van der Waals surface area contributed by atoms with Crippen LogP contribution in [0.25, 0.3) is 0 Å². The molecule has 1 saturated carbocycles. The summed E-state index contributed by atoms with van der Waals surface area (Å²) in [5, 5.41) is 0. The molecule has 2 aromatic heterocycles. The van der Waals surface area contributed by atoms with Gasteiger partial charge < -0.3 is 14.5 Å². The quantitative estimate of drug-likeness (QED) is 0.899. The lowest BCUT2D eigenvalue weighted by Crippen LogP contribution is -2.34. The van der Waals surface area contributed by atoms with E-state index in [2.05, 4.69) is 9.97 Å². The molecule has 0 aromatic carbocycles. The Kier molecular flexibility index (Phi) is 3.14. The highest BCUT2D eigenvalue weighted by Crippen LogP contribution is 2.29.